The second-order valence-electron chi connectivity index (χ2n) is 6.43. The molecule has 0 spiro atoms. The third-order valence-electron chi connectivity index (χ3n) is 4.42. The number of hydrogen-bond acceptors (Lipinski definition) is 6. The second-order valence-corrected chi connectivity index (χ2v) is 6.77. The number of imidazole rings is 1. The van der Waals surface area contributed by atoms with Gasteiger partial charge in [0.25, 0.3) is 5.91 Å². The molecule has 8 nitrogen and oxygen atoms in total. The van der Waals surface area contributed by atoms with E-state index in [9.17, 15) is 18.0 Å². The van der Waals surface area contributed by atoms with Crippen molar-refractivity contribution >= 4 is 17.5 Å². The SMILES string of the molecule is Cc1cnc(Cl)nc1-c1cn2c(n1)C(=O)N(Cc1cc(C(F)(F)F)ncn1)CC2. The third-order valence-corrected chi connectivity index (χ3v) is 4.60. The van der Waals surface area contributed by atoms with E-state index < -0.39 is 17.8 Å². The number of aryl methyl sites for hydroxylation is 1. The van der Waals surface area contributed by atoms with E-state index in [2.05, 4.69) is 24.9 Å². The van der Waals surface area contributed by atoms with Crippen molar-refractivity contribution in [2.75, 3.05) is 6.54 Å². The molecule has 150 valence electrons. The minimum Gasteiger partial charge on any atom is -0.328 e. The predicted octanol–water partition coefficient (Wildman–Crippen LogP) is 2.77. The van der Waals surface area contributed by atoms with Crippen molar-refractivity contribution in [2.24, 2.45) is 0 Å². The molecule has 0 fully saturated rings. The molecule has 0 N–H and O–H groups in total. The molecule has 4 heterocycles. The molecule has 0 saturated heterocycles. The molecule has 4 rings (SSSR count). The smallest absolute Gasteiger partial charge is 0.328 e. The molecule has 0 radical (unpaired) electrons. The second kappa shape index (κ2) is 7.07. The lowest BCUT2D eigenvalue weighted by atomic mass is 10.2. The Bertz CT molecular complexity index is 1100. The van der Waals surface area contributed by atoms with Gasteiger partial charge >= 0.3 is 6.18 Å². The van der Waals surface area contributed by atoms with Crippen molar-refractivity contribution in [1.29, 1.82) is 0 Å². The lowest BCUT2D eigenvalue weighted by molar-refractivity contribution is -0.141. The van der Waals surface area contributed by atoms with Crippen molar-refractivity contribution in [3.8, 4) is 11.4 Å². The van der Waals surface area contributed by atoms with Crippen molar-refractivity contribution in [3.05, 3.63) is 52.8 Å². The van der Waals surface area contributed by atoms with Gasteiger partial charge in [0.15, 0.2) is 5.82 Å². The number of carbonyl (C=O) groups excluding carboxylic acids is 1. The highest BCUT2D eigenvalue weighted by Gasteiger charge is 2.33. The summed E-state index contributed by atoms with van der Waals surface area (Å²) in [6.07, 6.45) is -0.480. The zero-order valence-electron chi connectivity index (χ0n) is 15.0. The molecule has 3 aromatic heterocycles. The van der Waals surface area contributed by atoms with Crippen LogP contribution in [0.1, 0.15) is 27.6 Å². The standard InChI is InChI=1S/C17H13ClF3N7O/c1-9-5-22-16(18)26-13(9)11-7-27-2-3-28(15(29)14(27)25-11)6-10-4-12(17(19,20)21)24-8-23-10/h4-5,7-8H,2-3,6H2,1H3. The Morgan fingerprint density at radius 2 is 1.97 bits per heavy atom. The minimum absolute atomic E-state index is 0.0637. The van der Waals surface area contributed by atoms with E-state index >= 15 is 0 Å². The molecule has 29 heavy (non-hydrogen) atoms. The quantitative estimate of drug-likeness (QED) is 0.602. The van der Waals surface area contributed by atoms with Gasteiger partial charge in [0, 0.05) is 25.5 Å². The summed E-state index contributed by atoms with van der Waals surface area (Å²) >= 11 is 5.86. The van der Waals surface area contributed by atoms with E-state index in [4.69, 9.17) is 11.6 Å². The van der Waals surface area contributed by atoms with Crippen LogP contribution >= 0.6 is 11.6 Å². The Morgan fingerprint density at radius 3 is 2.72 bits per heavy atom. The van der Waals surface area contributed by atoms with Gasteiger partial charge in [-0.05, 0) is 30.2 Å². The van der Waals surface area contributed by atoms with Gasteiger partial charge in [-0.1, -0.05) is 0 Å². The Labute approximate surface area is 167 Å². The van der Waals surface area contributed by atoms with E-state index in [1.807, 2.05) is 0 Å². The lowest BCUT2D eigenvalue weighted by Crippen LogP contribution is -2.40. The molecule has 1 aliphatic rings. The number of nitrogens with zero attached hydrogens (tertiary/aromatic N) is 7. The summed E-state index contributed by atoms with van der Waals surface area (Å²) < 4.78 is 40.2. The summed E-state index contributed by atoms with van der Waals surface area (Å²) in [6, 6.07) is 0.839. The fourth-order valence-corrected chi connectivity index (χ4v) is 3.14. The average molecular weight is 424 g/mol. The third kappa shape index (κ3) is 3.77. The summed E-state index contributed by atoms with van der Waals surface area (Å²) in [5.41, 5.74) is 0.774. The van der Waals surface area contributed by atoms with E-state index in [-0.39, 0.29) is 23.3 Å². The molecule has 0 aliphatic carbocycles. The first-order valence-corrected chi connectivity index (χ1v) is 8.84. The molecular weight excluding hydrogens is 411 g/mol. The lowest BCUT2D eigenvalue weighted by Gasteiger charge is -2.27. The zero-order valence-corrected chi connectivity index (χ0v) is 15.7. The van der Waals surface area contributed by atoms with E-state index in [1.165, 1.54) is 4.90 Å². The van der Waals surface area contributed by atoms with E-state index in [0.29, 0.717) is 24.5 Å². The van der Waals surface area contributed by atoms with Crippen LogP contribution in [0.15, 0.2) is 24.8 Å². The summed E-state index contributed by atoms with van der Waals surface area (Å²) in [7, 11) is 0. The predicted molar refractivity (Wildman–Crippen MR) is 94.8 cm³/mol. The monoisotopic (exact) mass is 423 g/mol. The van der Waals surface area contributed by atoms with Crippen LogP contribution in [-0.4, -0.2) is 46.8 Å². The highest BCUT2D eigenvalue weighted by Crippen LogP contribution is 2.28. The summed E-state index contributed by atoms with van der Waals surface area (Å²) in [6.45, 7) is 2.45. The van der Waals surface area contributed by atoms with Crippen LogP contribution in [0.2, 0.25) is 5.28 Å². The van der Waals surface area contributed by atoms with Gasteiger partial charge in [-0.15, -0.1) is 0 Å². The highest BCUT2D eigenvalue weighted by atomic mass is 35.5. The Morgan fingerprint density at radius 1 is 1.17 bits per heavy atom. The van der Waals surface area contributed by atoms with E-state index in [1.54, 1.807) is 23.9 Å². The molecule has 0 unspecified atom stereocenters. The molecule has 12 heteroatoms. The van der Waals surface area contributed by atoms with Gasteiger partial charge in [-0.3, -0.25) is 4.79 Å². The number of carbonyl (C=O) groups is 1. The first kappa shape index (κ1) is 19.2. The Hall–Kier alpha value is -3.08. The summed E-state index contributed by atoms with van der Waals surface area (Å²) in [5, 5.41) is 0.0637. The molecule has 1 aliphatic heterocycles. The maximum absolute atomic E-state index is 12.8. The number of alkyl halides is 3. The maximum atomic E-state index is 12.8. The van der Waals surface area contributed by atoms with Crippen molar-refractivity contribution in [1.82, 2.24) is 34.4 Å². The van der Waals surface area contributed by atoms with Crippen molar-refractivity contribution in [3.63, 3.8) is 0 Å². The molecule has 0 atom stereocenters. The first-order chi connectivity index (χ1) is 13.7. The number of hydrogen-bond donors (Lipinski definition) is 0. The molecular formula is C17H13ClF3N7O. The summed E-state index contributed by atoms with van der Waals surface area (Å²) in [4.78, 5) is 33.7. The highest BCUT2D eigenvalue weighted by molar-refractivity contribution is 6.28. The molecule has 3 aromatic rings. The fourth-order valence-electron chi connectivity index (χ4n) is 3.01. The minimum atomic E-state index is -4.58. The van der Waals surface area contributed by atoms with Crippen LogP contribution in [0.3, 0.4) is 0 Å². The Balaban J connectivity index is 1.59. The maximum Gasteiger partial charge on any atom is 0.433 e. The summed E-state index contributed by atoms with van der Waals surface area (Å²) in [5.74, 6) is -0.238. The molecule has 0 bridgehead atoms. The van der Waals surface area contributed by atoms with E-state index in [0.717, 1.165) is 18.0 Å². The zero-order chi connectivity index (χ0) is 20.8. The average Bonchev–Trinajstić information content (AvgIpc) is 3.10. The number of fused-ring (bicyclic) bond motifs is 1. The van der Waals surface area contributed by atoms with Crippen LogP contribution < -0.4 is 0 Å². The fraction of sp³-hybridized carbons (Fsp3) is 0.294. The van der Waals surface area contributed by atoms with Gasteiger partial charge in [0.1, 0.15) is 17.7 Å². The molecule has 0 saturated carbocycles. The topological polar surface area (TPSA) is 89.7 Å². The van der Waals surface area contributed by atoms with Crippen LogP contribution in [-0.2, 0) is 19.3 Å². The van der Waals surface area contributed by atoms with Gasteiger partial charge in [0.2, 0.25) is 5.28 Å². The van der Waals surface area contributed by atoms with Gasteiger partial charge in [0.05, 0.1) is 17.9 Å². The normalized spacial score (nSPS) is 14.2. The number of halogens is 4. The Kier molecular flexibility index (Phi) is 4.69. The number of rotatable bonds is 3. The van der Waals surface area contributed by atoms with Crippen molar-refractivity contribution in [2.45, 2.75) is 26.2 Å². The van der Waals surface area contributed by atoms with Gasteiger partial charge in [-0.2, -0.15) is 13.2 Å². The number of aromatic nitrogens is 6. The number of amides is 1. The van der Waals surface area contributed by atoms with Crippen LogP contribution in [0.25, 0.3) is 11.4 Å². The van der Waals surface area contributed by atoms with Gasteiger partial charge < -0.3 is 9.47 Å². The first-order valence-electron chi connectivity index (χ1n) is 8.46. The van der Waals surface area contributed by atoms with Crippen LogP contribution in [0.4, 0.5) is 13.2 Å². The molecule has 1 amide bonds. The van der Waals surface area contributed by atoms with Crippen LogP contribution in [0.5, 0.6) is 0 Å². The van der Waals surface area contributed by atoms with Crippen LogP contribution in [0, 0.1) is 6.92 Å². The molecule has 0 aromatic carbocycles. The van der Waals surface area contributed by atoms with Crippen molar-refractivity contribution < 1.29 is 18.0 Å². The van der Waals surface area contributed by atoms with Gasteiger partial charge in [-0.25, -0.2) is 24.9 Å². The largest absolute Gasteiger partial charge is 0.433 e.